The molecule has 1 aromatic carbocycles. The Labute approximate surface area is 185 Å². The number of nitrogens with zero attached hydrogens (tertiary/aromatic N) is 5. The summed E-state index contributed by atoms with van der Waals surface area (Å²) in [5, 5.41) is 9.85. The number of fused-ring (bicyclic) bond motifs is 1. The van der Waals surface area contributed by atoms with Crippen molar-refractivity contribution in [3.63, 3.8) is 0 Å². The van der Waals surface area contributed by atoms with E-state index in [1.807, 2.05) is 41.9 Å². The van der Waals surface area contributed by atoms with Crippen molar-refractivity contribution < 1.29 is 9.53 Å². The third-order valence-corrected chi connectivity index (χ3v) is 5.58. The van der Waals surface area contributed by atoms with Crippen LogP contribution in [0.3, 0.4) is 0 Å². The normalized spacial score (nSPS) is 14.0. The SMILES string of the molecule is Cc1cccn2cc(COc3ccccc3C(=O)Nc3nc(N4CCCCC4)n[nH]3)nc12. The first-order chi connectivity index (χ1) is 15.7. The first-order valence-electron chi connectivity index (χ1n) is 10.8. The number of pyridine rings is 1. The van der Waals surface area contributed by atoms with E-state index >= 15 is 0 Å². The zero-order valence-electron chi connectivity index (χ0n) is 17.9. The maximum absolute atomic E-state index is 12.9. The second-order valence-corrected chi connectivity index (χ2v) is 7.93. The number of nitrogens with one attached hydrogen (secondary N) is 2. The van der Waals surface area contributed by atoms with E-state index in [9.17, 15) is 4.79 Å². The van der Waals surface area contributed by atoms with Crippen LogP contribution in [-0.4, -0.2) is 43.6 Å². The van der Waals surface area contributed by atoms with Crippen LogP contribution >= 0.6 is 0 Å². The molecule has 1 aliphatic heterocycles. The van der Waals surface area contributed by atoms with E-state index in [2.05, 4.69) is 30.4 Å². The van der Waals surface area contributed by atoms with Crippen LogP contribution < -0.4 is 15.0 Å². The lowest BCUT2D eigenvalue weighted by molar-refractivity contribution is 0.102. The molecule has 3 aromatic heterocycles. The van der Waals surface area contributed by atoms with Crippen molar-refractivity contribution in [2.45, 2.75) is 32.8 Å². The van der Waals surface area contributed by atoms with Crippen LogP contribution in [0.15, 0.2) is 48.8 Å². The Morgan fingerprint density at radius 2 is 1.97 bits per heavy atom. The van der Waals surface area contributed by atoms with E-state index in [4.69, 9.17) is 4.74 Å². The minimum Gasteiger partial charge on any atom is -0.486 e. The van der Waals surface area contributed by atoms with Crippen molar-refractivity contribution in [1.82, 2.24) is 24.6 Å². The zero-order chi connectivity index (χ0) is 21.9. The lowest BCUT2D eigenvalue weighted by atomic mass is 10.1. The van der Waals surface area contributed by atoms with E-state index in [1.54, 1.807) is 18.2 Å². The van der Waals surface area contributed by atoms with Gasteiger partial charge >= 0.3 is 0 Å². The molecule has 0 unspecified atom stereocenters. The van der Waals surface area contributed by atoms with Crippen molar-refractivity contribution in [3.8, 4) is 5.75 Å². The third-order valence-electron chi connectivity index (χ3n) is 5.58. The fourth-order valence-electron chi connectivity index (χ4n) is 3.92. The van der Waals surface area contributed by atoms with Gasteiger partial charge in [0.15, 0.2) is 0 Å². The topological polar surface area (TPSA) is 100 Å². The molecule has 0 radical (unpaired) electrons. The Morgan fingerprint density at radius 1 is 1.12 bits per heavy atom. The summed E-state index contributed by atoms with van der Waals surface area (Å²) in [5.41, 5.74) is 3.20. The van der Waals surface area contributed by atoms with Gasteiger partial charge in [-0.3, -0.25) is 10.1 Å². The molecule has 0 saturated carbocycles. The van der Waals surface area contributed by atoms with Crippen molar-refractivity contribution in [3.05, 3.63) is 65.6 Å². The van der Waals surface area contributed by atoms with Gasteiger partial charge in [-0.05, 0) is 49.9 Å². The standard InChI is InChI=1S/C23H25N7O2/c1-16-8-7-13-30-14-17(24-20(16)30)15-32-19-10-4-3-9-18(19)21(31)25-22-26-23(28-27-22)29-11-5-2-6-12-29/h3-4,7-10,13-14H,2,5-6,11-12,15H2,1H3,(H2,25,26,27,28,31). The van der Waals surface area contributed by atoms with Gasteiger partial charge in [0.2, 0.25) is 11.9 Å². The minimum absolute atomic E-state index is 0.257. The molecule has 2 N–H and O–H groups in total. The quantitative estimate of drug-likeness (QED) is 0.484. The van der Waals surface area contributed by atoms with Crippen LogP contribution in [0.5, 0.6) is 5.75 Å². The predicted octanol–water partition coefficient (Wildman–Crippen LogP) is 3.58. The number of aromatic nitrogens is 5. The highest BCUT2D eigenvalue weighted by Crippen LogP contribution is 2.22. The Kier molecular flexibility index (Phi) is 5.45. The number of anilines is 2. The number of ether oxygens (including phenoxy) is 1. The van der Waals surface area contributed by atoms with E-state index in [0.717, 1.165) is 42.8 Å². The molecule has 1 aliphatic rings. The number of aromatic amines is 1. The van der Waals surface area contributed by atoms with Gasteiger partial charge in [-0.2, -0.15) is 4.98 Å². The predicted molar refractivity (Wildman–Crippen MR) is 121 cm³/mol. The van der Waals surface area contributed by atoms with Crippen LogP contribution in [0.4, 0.5) is 11.9 Å². The lowest BCUT2D eigenvalue weighted by Gasteiger charge is -2.24. The highest BCUT2D eigenvalue weighted by atomic mass is 16.5. The summed E-state index contributed by atoms with van der Waals surface area (Å²) >= 11 is 0. The highest BCUT2D eigenvalue weighted by molar-refractivity contribution is 6.05. The fraction of sp³-hybridized carbons (Fsp3) is 0.304. The maximum atomic E-state index is 12.9. The zero-order valence-corrected chi connectivity index (χ0v) is 17.9. The van der Waals surface area contributed by atoms with E-state index < -0.39 is 0 Å². The molecule has 5 rings (SSSR count). The second kappa shape index (κ2) is 8.70. The maximum Gasteiger partial charge on any atom is 0.261 e. The number of benzene rings is 1. The number of piperidine rings is 1. The molecule has 164 valence electrons. The van der Waals surface area contributed by atoms with Gasteiger partial charge in [0.25, 0.3) is 5.91 Å². The van der Waals surface area contributed by atoms with Crippen LogP contribution in [0.1, 0.15) is 40.9 Å². The number of hydrogen-bond donors (Lipinski definition) is 2. The smallest absolute Gasteiger partial charge is 0.261 e. The van der Waals surface area contributed by atoms with Gasteiger partial charge < -0.3 is 14.0 Å². The van der Waals surface area contributed by atoms with Crippen LogP contribution in [-0.2, 0) is 6.61 Å². The summed E-state index contributed by atoms with van der Waals surface area (Å²) in [7, 11) is 0. The largest absolute Gasteiger partial charge is 0.486 e. The number of H-pyrrole nitrogens is 1. The number of hydrogen-bond acceptors (Lipinski definition) is 6. The molecule has 0 aliphatic carbocycles. The van der Waals surface area contributed by atoms with E-state index in [1.165, 1.54) is 6.42 Å². The fourth-order valence-corrected chi connectivity index (χ4v) is 3.92. The molecular weight excluding hydrogens is 406 g/mol. The van der Waals surface area contributed by atoms with Gasteiger partial charge in [0.05, 0.1) is 11.3 Å². The summed E-state index contributed by atoms with van der Waals surface area (Å²) in [5.74, 6) is 1.11. The molecule has 1 saturated heterocycles. The van der Waals surface area contributed by atoms with Crippen LogP contribution in [0, 0.1) is 6.92 Å². The molecule has 32 heavy (non-hydrogen) atoms. The molecule has 0 atom stereocenters. The van der Waals surface area contributed by atoms with E-state index in [-0.39, 0.29) is 12.5 Å². The average molecular weight is 432 g/mol. The molecule has 1 amide bonds. The number of para-hydroxylation sites is 1. The average Bonchev–Trinajstić information content (AvgIpc) is 3.46. The number of aryl methyl sites for hydroxylation is 1. The molecule has 0 spiro atoms. The van der Waals surface area contributed by atoms with Gasteiger partial charge in [0.1, 0.15) is 18.0 Å². The molecular formula is C23H25N7O2. The molecule has 4 heterocycles. The van der Waals surface area contributed by atoms with Crippen molar-refractivity contribution in [1.29, 1.82) is 0 Å². The van der Waals surface area contributed by atoms with Crippen molar-refractivity contribution in [2.24, 2.45) is 0 Å². The number of imidazole rings is 1. The monoisotopic (exact) mass is 431 g/mol. The molecule has 9 heteroatoms. The number of carbonyl (C=O) groups excluding carboxylic acids is 1. The molecule has 9 nitrogen and oxygen atoms in total. The number of amides is 1. The Morgan fingerprint density at radius 3 is 2.81 bits per heavy atom. The number of carbonyl (C=O) groups is 1. The van der Waals surface area contributed by atoms with Gasteiger partial charge in [0, 0.05) is 25.5 Å². The first-order valence-corrected chi connectivity index (χ1v) is 10.8. The van der Waals surface area contributed by atoms with Crippen LogP contribution in [0.25, 0.3) is 5.65 Å². The molecule has 1 fully saturated rings. The first kappa shape index (κ1) is 20.0. The Balaban J connectivity index is 1.28. The Bertz CT molecular complexity index is 1240. The molecule has 4 aromatic rings. The third kappa shape index (κ3) is 4.14. The van der Waals surface area contributed by atoms with Crippen LogP contribution in [0.2, 0.25) is 0 Å². The lowest BCUT2D eigenvalue weighted by Crippen LogP contribution is -2.30. The summed E-state index contributed by atoms with van der Waals surface area (Å²) in [4.78, 5) is 24.1. The number of rotatable bonds is 6. The summed E-state index contributed by atoms with van der Waals surface area (Å²) in [6, 6.07) is 11.1. The van der Waals surface area contributed by atoms with Crippen molar-refractivity contribution in [2.75, 3.05) is 23.3 Å². The van der Waals surface area contributed by atoms with Crippen molar-refractivity contribution >= 4 is 23.5 Å². The minimum atomic E-state index is -0.312. The molecule has 0 bridgehead atoms. The highest BCUT2D eigenvalue weighted by Gasteiger charge is 2.18. The van der Waals surface area contributed by atoms with Gasteiger partial charge in [-0.25, -0.2) is 10.1 Å². The Hall–Kier alpha value is -3.88. The van der Waals surface area contributed by atoms with Gasteiger partial charge in [-0.15, -0.1) is 5.10 Å². The second-order valence-electron chi connectivity index (χ2n) is 7.93. The summed E-state index contributed by atoms with van der Waals surface area (Å²) < 4.78 is 7.93. The summed E-state index contributed by atoms with van der Waals surface area (Å²) in [6.07, 6.45) is 7.38. The van der Waals surface area contributed by atoms with E-state index in [0.29, 0.717) is 23.2 Å². The summed E-state index contributed by atoms with van der Waals surface area (Å²) in [6.45, 7) is 4.15. The van der Waals surface area contributed by atoms with Gasteiger partial charge in [-0.1, -0.05) is 18.2 Å².